The number of halogens is 1. The first kappa shape index (κ1) is 19.6. The molecule has 1 aliphatic rings. The summed E-state index contributed by atoms with van der Waals surface area (Å²) in [6, 6.07) is 18.1. The summed E-state index contributed by atoms with van der Waals surface area (Å²) in [7, 11) is 0. The van der Waals surface area contributed by atoms with Crippen molar-refractivity contribution in [3.05, 3.63) is 65.7 Å². The Bertz CT molecular complexity index is 830. The van der Waals surface area contributed by atoms with E-state index in [4.69, 9.17) is 0 Å². The monoisotopic (exact) mass is 428 g/mol. The predicted molar refractivity (Wildman–Crippen MR) is 112 cm³/mol. The number of amides is 2. The lowest BCUT2D eigenvalue weighted by atomic mass is 9.87. The maximum absolute atomic E-state index is 13.1. The van der Waals surface area contributed by atoms with Crippen molar-refractivity contribution in [2.45, 2.75) is 43.5 Å². The maximum Gasteiger partial charge on any atom is 0.241 e. The van der Waals surface area contributed by atoms with Gasteiger partial charge in [-0.3, -0.25) is 9.59 Å². The average molecular weight is 429 g/mol. The molecule has 5 heteroatoms. The van der Waals surface area contributed by atoms with Crippen molar-refractivity contribution in [1.29, 1.82) is 0 Å². The predicted octanol–water partition coefficient (Wildman–Crippen LogP) is 4.23. The highest BCUT2D eigenvalue weighted by molar-refractivity contribution is 9.10. The minimum absolute atomic E-state index is 0.0106. The van der Waals surface area contributed by atoms with Crippen molar-refractivity contribution in [2.75, 3.05) is 11.4 Å². The molecule has 1 N–H and O–H groups in total. The van der Waals surface area contributed by atoms with E-state index < -0.39 is 0 Å². The summed E-state index contributed by atoms with van der Waals surface area (Å²) in [4.78, 5) is 26.9. The van der Waals surface area contributed by atoms with Gasteiger partial charge in [-0.1, -0.05) is 64.5 Å². The summed E-state index contributed by atoms with van der Waals surface area (Å²) in [5.74, 6) is -0.153. The Morgan fingerprint density at radius 2 is 1.74 bits per heavy atom. The van der Waals surface area contributed by atoms with Gasteiger partial charge in [0, 0.05) is 17.1 Å². The van der Waals surface area contributed by atoms with Gasteiger partial charge in [0.25, 0.3) is 0 Å². The number of nitrogens with zero attached hydrogens (tertiary/aromatic N) is 1. The minimum atomic E-state index is -0.349. The van der Waals surface area contributed by atoms with Crippen LogP contribution in [0, 0.1) is 0 Å². The van der Waals surface area contributed by atoms with Crippen LogP contribution in [0.25, 0.3) is 0 Å². The number of nitrogens with one attached hydrogen (secondary N) is 1. The van der Waals surface area contributed by atoms with E-state index in [0.717, 1.165) is 11.3 Å². The third kappa shape index (κ3) is 4.59. The van der Waals surface area contributed by atoms with E-state index in [9.17, 15) is 9.59 Å². The Labute approximate surface area is 169 Å². The van der Waals surface area contributed by atoms with Crippen LogP contribution in [0.5, 0.6) is 0 Å². The lowest BCUT2D eigenvalue weighted by Crippen LogP contribution is -2.48. The van der Waals surface area contributed by atoms with Gasteiger partial charge in [-0.2, -0.15) is 0 Å². The summed E-state index contributed by atoms with van der Waals surface area (Å²) in [6.07, 6.45) is 0.650. The number of carbonyl (C=O) groups excluding carboxylic acids is 2. The molecule has 0 radical (unpaired) electrons. The molecule has 0 bridgehead atoms. The van der Waals surface area contributed by atoms with Crippen molar-refractivity contribution in [3.8, 4) is 0 Å². The van der Waals surface area contributed by atoms with Gasteiger partial charge < -0.3 is 10.2 Å². The molecule has 0 fully saturated rings. The Balaban J connectivity index is 2.00. The first-order valence-electron chi connectivity index (χ1n) is 9.16. The van der Waals surface area contributed by atoms with E-state index in [1.54, 1.807) is 4.90 Å². The van der Waals surface area contributed by atoms with Crippen LogP contribution in [0.4, 0.5) is 5.69 Å². The third-order valence-electron chi connectivity index (χ3n) is 4.60. The van der Waals surface area contributed by atoms with Crippen molar-refractivity contribution < 1.29 is 9.59 Å². The molecule has 2 amide bonds. The van der Waals surface area contributed by atoms with Crippen LogP contribution >= 0.6 is 15.9 Å². The van der Waals surface area contributed by atoms with Crippen molar-refractivity contribution in [3.63, 3.8) is 0 Å². The number of fused-ring (bicyclic) bond motifs is 1. The highest BCUT2D eigenvalue weighted by atomic mass is 79.9. The van der Waals surface area contributed by atoms with Gasteiger partial charge in [-0.15, -0.1) is 0 Å². The quantitative estimate of drug-likeness (QED) is 0.743. The number of hydrogen-bond acceptors (Lipinski definition) is 2. The maximum atomic E-state index is 13.1. The average Bonchev–Trinajstić information content (AvgIpc) is 2.72. The molecular weight excluding hydrogens is 404 g/mol. The first-order chi connectivity index (χ1) is 12.8. The topological polar surface area (TPSA) is 49.4 Å². The molecular formula is C22H25BrN2O2. The summed E-state index contributed by atoms with van der Waals surface area (Å²) in [6.45, 7) is 5.81. The van der Waals surface area contributed by atoms with Crippen molar-refractivity contribution >= 4 is 33.4 Å². The third-order valence-corrected chi connectivity index (χ3v) is 5.36. The minimum Gasteiger partial charge on any atom is -0.350 e. The molecule has 0 spiro atoms. The highest BCUT2D eigenvalue weighted by Crippen LogP contribution is 2.40. The van der Waals surface area contributed by atoms with Crippen LogP contribution < -0.4 is 10.2 Å². The molecule has 0 saturated heterocycles. The van der Waals surface area contributed by atoms with Gasteiger partial charge in [0.15, 0.2) is 0 Å². The lowest BCUT2D eigenvalue weighted by molar-refractivity contribution is -0.124. The van der Waals surface area contributed by atoms with Gasteiger partial charge in [0.2, 0.25) is 11.8 Å². The molecule has 0 unspecified atom stereocenters. The van der Waals surface area contributed by atoms with Crippen LogP contribution in [0.15, 0.2) is 54.6 Å². The Kier molecular flexibility index (Phi) is 5.70. The number of benzene rings is 2. The van der Waals surface area contributed by atoms with Crippen LogP contribution in [-0.2, 0) is 9.59 Å². The smallest absolute Gasteiger partial charge is 0.241 e. The fraction of sp³-hybridized carbons (Fsp3) is 0.364. The molecule has 27 heavy (non-hydrogen) atoms. The zero-order valence-corrected chi connectivity index (χ0v) is 17.5. The van der Waals surface area contributed by atoms with Gasteiger partial charge >= 0.3 is 0 Å². The fourth-order valence-electron chi connectivity index (χ4n) is 3.52. The lowest BCUT2D eigenvalue weighted by Gasteiger charge is -2.27. The van der Waals surface area contributed by atoms with Crippen LogP contribution in [0.2, 0.25) is 0 Å². The fourth-order valence-corrected chi connectivity index (χ4v) is 4.14. The second kappa shape index (κ2) is 7.85. The van der Waals surface area contributed by atoms with Crippen LogP contribution in [-0.4, -0.2) is 28.7 Å². The molecule has 4 nitrogen and oxygen atoms in total. The van der Waals surface area contributed by atoms with Gasteiger partial charge in [-0.05, 0) is 44.4 Å². The number of para-hydroxylation sites is 1. The molecule has 0 aromatic heterocycles. The van der Waals surface area contributed by atoms with Gasteiger partial charge in [-0.25, -0.2) is 0 Å². The number of alkyl halides is 1. The molecule has 3 rings (SSSR count). The van der Waals surface area contributed by atoms with E-state index in [-0.39, 0.29) is 34.6 Å². The first-order valence-corrected chi connectivity index (χ1v) is 10.1. The second-order valence-electron chi connectivity index (χ2n) is 7.95. The SMILES string of the molecule is CC(C)(C)NC(=O)CN1C(=O)[C@@H](Br)C[C@H](c2ccccc2)c2ccccc21. The normalized spacial score (nSPS) is 20.0. The standard InChI is InChI=1S/C22H25BrN2O2/c1-22(2,3)24-20(26)14-25-19-12-8-7-11-16(19)17(13-18(23)21(25)27)15-9-5-4-6-10-15/h4-12,17-18H,13-14H2,1-3H3,(H,24,26)/t17-,18+/m1/s1. The zero-order chi connectivity index (χ0) is 19.6. The van der Waals surface area contributed by atoms with Crippen LogP contribution in [0.3, 0.4) is 0 Å². The van der Waals surface area contributed by atoms with E-state index in [1.807, 2.05) is 57.2 Å². The van der Waals surface area contributed by atoms with E-state index >= 15 is 0 Å². The van der Waals surface area contributed by atoms with E-state index in [2.05, 4.69) is 39.4 Å². The molecule has 2 aromatic carbocycles. The van der Waals surface area contributed by atoms with Crippen LogP contribution in [0.1, 0.15) is 44.2 Å². The van der Waals surface area contributed by atoms with E-state index in [0.29, 0.717) is 6.42 Å². The Morgan fingerprint density at radius 3 is 2.41 bits per heavy atom. The summed E-state index contributed by atoms with van der Waals surface area (Å²) in [5.41, 5.74) is 2.71. The number of rotatable bonds is 3. The summed E-state index contributed by atoms with van der Waals surface area (Å²) >= 11 is 3.57. The molecule has 1 heterocycles. The second-order valence-corrected chi connectivity index (χ2v) is 9.05. The van der Waals surface area contributed by atoms with Crippen molar-refractivity contribution in [2.24, 2.45) is 0 Å². The molecule has 2 atom stereocenters. The molecule has 0 saturated carbocycles. The number of carbonyl (C=O) groups is 2. The largest absolute Gasteiger partial charge is 0.350 e. The Hall–Kier alpha value is -2.14. The van der Waals surface area contributed by atoms with E-state index in [1.165, 1.54) is 5.56 Å². The molecule has 0 aliphatic carbocycles. The molecule has 2 aromatic rings. The van der Waals surface area contributed by atoms with Crippen molar-refractivity contribution in [1.82, 2.24) is 5.32 Å². The number of anilines is 1. The molecule has 142 valence electrons. The highest BCUT2D eigenvalue weighted by Gasteiger charge is 2.35. The summed E-state index contributed by atoms with van der Waals surface area (Å²) < 4.78 is 0. The Morgan fingerprint density at radius 1 is 1.11 bits per heavy atom. The number of hydrogen-bond donors (Lipinski definition) is 1. The van der Waals surface area contributed by atoms with Gasteiger partial charge in [0.05, 0.1) is 4.83 Å². The van der Waals surface area contributed by atoms with Gasteiger partial charge in [0.1, 0.15) is 6.54 Å². The molecule has 1 aliphatic heterocycles. The zero-order valence-electron chi connectivity index (χ0n) is 15.9. The summed E-state index contributed by atoms with van der Waals surface area (Å²) in [5, 5.41) is 2.95.